The Kier molecular flexibility index (Phi) is 4.98. The van der Waals surface area contributed by atoms with E-state index in [9.17, 15) is 4.39 Å². The molecule has 0 bridgehead atoms. The third-order valence-electron chi connectivity index (χ3n) is 4.66. The smallest absolute Gasteiger partial charge is 0.123 e. The fourth-order valence-corrected chi connectivity index (χ4v) is 3.48. The Morgan fingerprint density at radius 2 is 2.05 bits per heavy atom. The molecule has 2 heteroatoms. The van der Waals surface area contributed by atoms with Crippen molar-refractivity contribution < 1.29 is 4.39 Å². The van der Waals surface area contributed by atoms with Crippen molar-refractivity contribution >= 4 is 0 Å². The number of hydrogen-bond donors (Lipinski definition) is 1. The lowest BCUT2D eigenvalue weighted by Crippen LogP contribution is -2.32. The molecule has 19 heavy (non-hydrogen) atoms. The van der Waals surface area contributed by atoms with Gasteiger partial charge in [-0.15, -0.1) is 0 Å². The minimum atomic E-state index is -0.102. The molecule has 3 atom stereocenters. The summed E-state index contributed by atoms with van der Waals surface area (Å²) in [6, 6.07) is 5.20. The van der Waals surface area contributed by atoms with E-state index in [2.05, 4.69) is 19.2 Å². The second kappa shape index (κ2) is 6.51. The third kappa shape index (κ3) is 3.79. The Bertz CT molecular complexity index is 416. The summed E-state index contributed by atoms with van der Waals surface area (Å²) in [5, 5.41) is 3.32. The van der Waals surface area contributed by atoms with Gasteiger partial charge in [0.25, 0.3) is 0 Å². The predicted molar refractivity (Wildman–Crippen MR) is 78.8 cm³/mol. The first-order valence-corrected chi connectivity index (χ1v) is 7.49. The number of benzene rings is 1. The summed E-state index contributed by atoms with van der Waals surface area (Å²) in [4.78, 5) is 0. The van der Waals surface area contributed by atoms with Gasteiger partial charge in [0.15, 0.2) is 0 Å². The number of aryl methyl sites for hydroxylation is 1. The van der Waals surface area contributed by atoms with E-state index in [1.165, 1.54) is 30.4 Å². The zero-order valence-corrected chi connectivity index (χ0v) is 12.4. The molecule has 2 rings (SSSR count). The van der Waals surface area contributed by atoms with Crippen molar-refractivity contribution in [2.45, 2.75) is 39.5 Å². The Labute approximate surface area is 116 Å². The van der Waals surface area contributed by atoms with Crippen LogP contribution in [0.3, 0.4) is 0 Å². The number of halogens is 1. The lowest BCUT2D eigenvalue weighted by molar-refractivity contribution is 0.186. The van der Waals surface area contributed by atoms with Crippen molar-refractivity contribution in [3.8, 4) is 0 Å². The molecule has 1 fully saturated rings. The van der Waals surface area contributed by atoms with Crippen LogP contribution in [0.15, 0.2) is 18.2 Å². The fraction of sp³-hybridized carbons (Fsp3) is 0.647. The van der Waals surface area contributed by atoms with E-state index in [0.717, 1.165) is 24.8 Å². The summed E-state index contributed by atoms with van der Waals surface area (Å²) in [5.41, 5.74) is 2.42. The lowest BCUT2D eigenvalue weighted by Gasteiger charge is -2.35. The van der Waals surface area contributed by atoms with Gasteiger partial charge >= 0.3 is 0 Å². The van der Waals surface area contributed by atoms with E-state index in [0.29, 0.717) is 5.92 Å². The minimum Gasteiger partial charge on any atom is -0.319 e. The van der Waals surface area contributed by atoms with Crippen LogP contribution < -0.4 is 5.32 Å². The maximum atomic E-state index is 13.4. The average Bonchev–Trinajstić information content (AvgIpc) is 2.37. The number of hydrogen-bond acceptors (Lipinski definition) is 1. The molecule has 0 saturated heterocycles. The second-order valence-electron chi connectivity index (χ2n) is 6.27. The monoisotopic (exact) mass is 263 g/mol. The second-order valence-corrected chi connectivity index (χ2v) is 6.27. The molecule has 1 nitrogen and oxygen atoms in total. The maximum absolute atomic E-state index is 13.4. The van der Waals surface area contributed by atoms with Gasteiger partial charge in [0.05, 0.1) is 0 Å². The normalized spacial score (nSPS) is 27.5. The van der Waals surface area contributed by atoms with Gasteiger partial charge in [-0.25, -0.2) is 4.39 Å². The molecule has 1 N–H and O–H groups in total. The zero-order chi connectivity index (χ0) is 13.8. The van der Waals surface area contributed by atoms with Crippen LogP contribution in [0, 0.1) is 30.5 Å². The summed E-state index contributed by atoms with van der Waals surface area (Å²) in [6.07, 6.45) is 4.95. The Hall–Kier alpha value is -0.890. The maximum Gasteiger partial charge on any atom is 0.123 e. The van der Waals surface area contributed by atoms with Gasteiger partial charge < -0.3 is 5.32 Å². The van der Waals surface area contributed by atoms with Crippen LogP contribution in [0.5, 0.6) is 0 Å². The van der Waals surface area contributed by atoms with Crippen LogP contribution in [0.4, 0.5) is 4.39 Å². The summed E-state index contributed by atoms with van der Waals surface area (Å²) >= 11 is 0. The molecule has 1 aromatic carbocycles. The zero-order valence-electron chi connectivity index (χ0n) is 12.4. The van der Waals surface area contributed by atoms with Crippen molar-refractivity contribution in [3.05, 3.63) is 35.1 Å². The van der Waals surface area contributed by atoms with E-state index in [1.54, 1.807) is 12.1 Å². The van der Waals surface area contributed by atoms with Crippen LogP contribution in [-0.2, 0) is 6.42 Å². The Morgan fingerprint density at radius 3 is 2.79 bits per heavy atom. The summed E-state index contributed by atoms with van der Waals surface area (Å²) in [6.45, 7) is 5.53. The summed E-state index contributed by atoms with van der Waals surface area (Å²) < 4.78 is 13.4. The molecule has 3 unspecified atom stereocenters. The molecule has 0 aliphatic heterocycles. The molecule has 1 aliphatic carbocycles. The SMILES string of the molecule is CNCC1CCC(C)CC1Cc1cc(F)ccc1C. The average molecular weight is 263 g/mol. The van der Waals surface area contributed by atoms with E-state index >= 15 is 0 Å². The highest BCUT2D eigenvalue weighted by Crippen LogP contribution is 2.36. The van der Waals surface area contributed by atoms with Gasteiger partial charge in [0.1, 0.15) is 5.82 Å². The van der Waals surface area contributed by atoms with Crippen LogP contribution in [0.1, 0.15) is 37.3 Å². The lowest BCUT2D eigenvalue weighted by atomic mass is 9.72. The Morgan fingerprint density at radius 1 is 1.26 bits per heavy atom. The number of nitrogens with one attached hydrogen (secondary N) is 1. The van der Waals surface area contributed by atoms with Crippen LogP contribution in [0.2, 0.25) is 0 Å². The van der Waals surface area contributed by atoms with Gasteiger partial charge in [-0.2, -0.15) is 0 Å². The summed E-state index contributed by atoms with van der Waals surface area (Å²) in [5.74, 6) is 2.14. The van der Waals surface area contributed by atoms with Crippen molar-refractivity contribution in [2.24, 2.45) is 17.8 Å². The van der Waals surface area contributed by atoms with Crippen molar-refractivity contribution in [2.75, 3.05) is 13.6 Å². The van der Waals surface area contributed by atoms with Gasteiger partial charge in [-0.1, -0.05) is 19.4 Å². The van der Waals surface area contributed by atoms with Crippen LogP contribution >= 0.6 is 0 Å². The van der Waals surface area contributed by atoms with E-state index in [4.69, 9.17) is 0 Å². The highest BCUT2D eigenvalue weighted by atomic mass is 19.1. The molecule has 1 saturated carbocycles. The van der Waals surface area contributed by atoms with E-state index in [-0.39, 0.29) is 5.82 Å². The first-order valence-electron chi connectivity index (χ1n) is 7.49. The van der Waals surface area contributed by atoms with Gasteiger partial charge in [0.2, 0.25) is 0 Å². The number of rotatable bonds is 4. The minimum absolute atomic E-state index is 0.102. The molecule has 106 valence electrons. The van der Waals surface area contributed by atoms with Gasteiger partial charge in [-0.05, 0) is 80.8 Å². The van der Waals surface area contributed by atoms with Gasteiger partial charge in [0, 0.05) is 0 Å². The molecule has 0 heterocycles. The summed E-state index contributed by atoms with van der Waals surface area (Å²) in [7, 11) is 2.03. The first-order chi connectivity index (χ1) is 9.10. The van der Waals surface area contributed by atoms with Crippen molar-refractivity contribution in [1.29, 1.82) is 0 Å². The molecular weight excluding hydrogens is 237 g/mol. The molecule has 1 aliphatic rings. The fourth-order valence-electron chi connectivity index (χ4n) is 3.48. The topological polar surface area (TPSA) is 12.0 Å². The third-order valence-corrected chi connectivity index (χ3v) is 4.66. The van der Waals surface area contributed by atoms with Crippen molar-refractivity contribution in [3.63, 3.8) is 0 Å². The largest absolute Gasteiger partial charge is 0.319 e. The highest BCUT2D eigenvalue weighted by molar-refractivity contribution is 5.27. The highest BCUT2D eigenvalue weighted by Gasteiger charge is 2.28. The standard InChI is InChI=1S/C17H26FN/c1-12-4-6-14(11-19-3)16(8-12)9-15-10-17(18)7-5-13(15)2/h5,7,10,12,14,16,19H,4,6,8-9,11H2,1-3H3. The molecular formula is C17H26FN. The van der Waals surface area contributed by atoms with Gasteiger partial charge in [-0.3, -0.25) is 0 Å². The van der Waals surface area contributed by atoms with Crippen LogP contribution in [0.25, 0.3) is 0 Å². The Balaban J connectivity index is 2.11. The van der Waals surface area contributed by atoms with E-state index < -0.39 is 0 Å². The first kappa shape index (κ1) is 14.5. The quantitative estimate of drug-likeness (QED) is 0.867. The molecule has 0 amide bonds. The van der Waals surface area contributed by atoms with E-state index in [1.807, 2.05) is 13.1 Å². The predicted octanol–water partition coefficient (Wildman–Crippen LogP) is 3.95. The van der Waals surface area contributed by atoms with Crippen LogP contribution in [-0.4, -0.2) is 13.6 Å². The molecule has 1 aromatic rings. The molecule has 0 spiro atoms. The molecule has 0 aromatic heterocycles. The van der Waals surface area contributed by atoms with Crippen molar-refractivity contribution in [1.82, 2.24) is 5.32 Å². The molecule has 0 radical (unpaired) electrons.